The molecule has 0 saturated heterocycles. The molecule has 1 aliphatic carbocycles. The SMILES string of the molecule is CCC1(OC(=O)C(C)(C)CC)CCC(C)C1. The lowest BCUT2D eigenvalue weighted by molar-refractivity contribution is -0.171. The van der Waals surface area contributed by atoms with Crippen LogP contribution >= 0.6 is 0 Å². The van der Waals surface area contributed by atoms with Crippen molar-refractivity contribution in [3.63, 3.8) is 0 Å². The van der Waals surface area contributed by atoms with Gasteiger partial charge in [0.05, 0.1) is 5.41 Å². The maximum absolute atomic E-state index is 12.1. The Bertz CT molecular complexity index is 257. The van der Waals surface area contributed by atoms with E-state index in [1.165, 1.54) is 6.42 Å². The van der Waals surface area contributed by atoms with Gasteiger partial charge in [0, 0.05) is 0 Å². The van der Waals surface area contributed by atoms with Crippen LogP contribution in [-0.2, 0) is 9.53 Å². The molecule has 16 heavy (non-hydrogen) atoms. The van der Waals surface area contributed by atoms with Gasteiger partial charge in [-0.15, -0.1) is 0 Å². The third-order valence-corrected chi connectivity index (χ3v) is 4.20. The molecule has 0 amide bonds. The topological polar surface area (TPSA) is 26.3 Å². The number of carbonyl (C=O) groups is 1. The van der Waals surface area contributed by atoms with Crippen LogP contribution in [0.3, 0.4) is 0 Å². The molecule has 1 rings (SSSR count). The van der Waals surface area contributed by atoms with E-state index < -0.39 is 0 Å². The lowest BCUT2D eigenvalue weighted by Crippen LogP contribution is -2.37. The molecule has 1 fully saturated rings. The fraction of sp³-hybridized carbons (Fsp3) is 0.929. The highest BCUT2D eigenvalue weighted by molar-refractivity contribution is 5.76. The van der Waals surface area contributed by atoms with Gasteiger partial charge < -0.3 is 4.74 Å². The van der Waals surface area contributed by atoms with Crippen LogP contribution in [0.2, 0.25) is 0 Å². The van der Waals surface area contributed by atoms with E-state index in [0.29, 0.717) is 5.92 Å². The predicted molar refractivity (Wildman–Crippen MR) is 66.2 cm³/mol. The molecule has 2 atom stereocenters. The van der Waals surface area contributed by atoms with Gasteiger partial charge in [-0.2, -0.15) is 0 Å². The molecule has 0 aliphatic heterocycles. The minimum atomic E-state index is -0.339. The Morgan fingerprint density at radius 2 is 2.06 bits per heavy atom. The zero-order valence-corrected chi connectivity index (χ0v) is 11.4. The summed E-state index contributed by atoms with van der Waals surface area (Å²) >= 11 is 0. The van der Waals surface area contributed by atoms with Crippen LogP contribution in [0.4, 0.5) is 0 Å². The summed E-state index contributed by atoms with van der Waals surface area (Å²) in [5.74, 6) is 0.670. The molecular weight excluding hydrogens is 200 g/mol. The molecule has 0 heterocycles. The number of carbonyl (C=O) groups excluding carboxylic acids is 1. The Hall–Kier alpha value is -0.530. The van der Waals surface area contributed by atoms with Crippen molar-refractivity contribution in [3.8, 4) is 0 Å². The van der Waals surface area contributed by atoms with E-state index in [4.69, 9.17) is 4.74 Å². The molecule has 1 saturated carbocycles. The number of hydrogen-bond acceptors (Lipinski definition) is 2. The fourth-order valence-electron chi connectivity index (χ4n) is 2.31. The van der Waals surface area contributed by atoms with Crippen molar-refractivity contribution in [2.45, 2.75) is 72.3 Å². The van der Waals surface area contributed by atoms with E-state index in [2.05, 4.69) is 13.8 Å². The highest BCUT2D eigenvalue weighted by atomic mass is 16.6. The van der Waals surface area contributed by atoms with E-state index >= 15 is 0 Å². The van der Waals surface area contributed by atoms with Crippen molar-refractivity contribution >= 4 is 5.97 Å². The van der Waals surface area contributed by atoms with Gasteiger partial charge in [-0.1, -0.05) is 20.8 Å². The second-order valence-electron chi connectivity index (χ2n) is 6.01. The Kier molecular flexibility index (Phi) is 4.03. The van der Waals surface area contributed by atoms with E-state index in [1.807, 2.05) is 20.8 Å². The Morgan fingerprint density at radius 3 is 2.44 bits per heavy atom. The highest BCUT2D eigenvalue weighted by Crippen LogP contribution is 2.41. The number of hydrogen-bond donors (Lipinski definition) is 0. The summed E-state index contributed by atoms with van der Waals surface area (Å²) in [6.07, 6.45) is 5.04. The Morgan fingerprint density at radius 1 is 1.44 bits per heavy atom. The molecule has 0 aromatic rings. The summed E-state index contributed by atoms with van der Waals surface area (Å²) in [6, 6.07) is 0. The van der Waals surface area contributed by atoms with Crippen LogP contribution in [0.5, 0.6) is 0 Å². The zero-order valence-electron chi connectivity index (χ0n) is 11.4. The van der Waals surface area contributed by atoms with E-state index in [9.17, 15) is 4.79 Å². The average Bonchev–Trinajstić information content (AvgIpc) is 2.60. The third-order valence-electron chi connectivity index (χ3n) is 4.20. The Balaban J connectivity index is 2.68. The van der Waals surface area contributed by atoms with Crippen LogP contribution in [0.25, 0.3) is 0 Å². The molecule has 0 bridgehead atoms. The molecule has 0 spiro atoms. The quantitative estimate of drug-likeness (QED) is 0.679. The molecule has 2 nitrogen and oxygen atoms in total. The van der Waals surface area contributed by atoms with Crippen LogP contribution < -0.4 is 0 Å². The summed E-state index contributed by atoms with van der Waals surface area (Å²) in [5.41, 5.74) is -0.503. The first-order chi connectivity index (χ1) is 7.35. The van der Waals surface area contributed by atoms with Gasteiger partial charge in [0.2, 0.25) is 0 Å². The normalized spacial score (nSPS) is 30.4. The smallest absolute Gasteiger partial charge is 0.312 e. The molecule has 94 valence electrons. The van der Waals surface area contributed by atoms with Gasteiger partial charge in [-0.05, 0) is 51.9 Å². The highest BCUT2D eigenvalue weighted by Gasteiger charge is 2.42. The summed E-state index contributed by atoms with van der Waals surface area (Å²) in [4.78, 5) is 12.1. The van der Waals surface area contributed by atoms with Gasteiger partial charge in [-0.3, -0.25) is 4.79 Å². The lowest BCUT2D eigenvalue weighted by Gasteiger charge is -2.32. The van der Waals surface area contributed by atoms with Crippen LogP contribution in [0, 0.1) is 11.3 Å². The summed E-state index contributed by atoms with van der Waals surface area (Å²) in [6.45, 7) is 10.4. The molecule has 0 radical (unpaired) electrons. The average molecular weight is 226 g/mol. The molecular formula is C14H26O2. The van der Waals surface area contributed by atoms with Gasteiger partial charge in [0.25, 0.3) is 0 Å². The molecule has 0 aromatic carbocycles. The van der Waals surface area contributed by atoms with Crippen molar-refractivity contribution < 1.29 is 9.53 Å². The summed E-state index contributed by atoms with van der Waals surface area (Å²) < 4.78 is 5.84. The van der Waals surface area contributed by atoms with Crippen molar-refractivity contribution in [2.24, 2.45) is 11.3 Å². The minimum absolute atomic E-state index is 0.0223. The van der Waals surface area contributed by atoms with E-state index in [1.54, 1.807) is 0 Å². The number of rotatable bonds is 4. The number of ether oxygens (including phenoxy) is 1. The first-order valence-corrected chi connectivity index (χ1v) is 6.58. The molecule has 2 heteroatoms. The van der Waals surface area contributed by atoms with Gasteiger partial charge >= 0.3 is 5.97 Å². The van der Waals surface area contributed by atoms with Crippen LogP contribution in [0.15, 0.2) is 0 Å². The van der Waals surface area contributed by atoms with Crippen molar-refractivity contribution in [2.75, 3.05) is 0 Å². The molecule has 0 N–H and O–H groups in total. The first-order valence-electron chi connectivity index (χ1n) is 6.58. The molecule has 1 aliphatic rings. The number of esters is 1. The minimum Gasteiger partial charge on any atom is -0.459 e. The van der Waals surface area contributed by atoms with Gasteiger partial charge in [0.1, 0.15) is 5.60 Å². The third kappa shape index (κ3) is 2.78. The van der Waals surface area contributed by atoms with Crippen molar-refractivity contribution in [1.29, 1.82) is 0 Å². The van der Waals surface area contributed by atoms with Crippen molar-refractivity contribution in [3.05, 3.63) is 0 Å². The Labute approximate surface area is 99.8 Å². The van der Waals surface area contributed by atoms with E-state index in [0.717, 1.165) is 25.7 Å². The van der Waals surface area contributed by atoms with Gasteiger partial charge in [-0.25, -0.2) is 0 Å². The van der Waals surface area contributed by atoms with Crippen LogP contribution in [-0.4, -0.2) is 11.6 Å². The standard InChI is InChI=1S/C14H26O2/c1-6-13(4,5)12(15)16-14(7-2)9-8-11(3)10-14/h11H,6-10H2,1-5H3. The second kappa shape index (κ2) is 4.77. The zero-order chi connectivity index (χ0) is 12.4. The fourth-order valence-corrected chi connectivity index (χ4v) is 2.31. The largest absolute Gasteiger partial charge is 0.459 e. The van der Waals surface area contributed by atoms with Gasteiger partial charge in [0.15, 0.2) is 0 Å². The van der Waals surface area contributed by atoms with E-state index in [-0.39, 0.29) is 17.0 Å². The first kappa shape index (κ1) is 13.5. The second-order valence-corrected chi connectivity index (χ2v) is 6.01. The maximum Gasteiger partial charge on any atom is 0.312 e. The lowest BCUT2D eigenvalue weighted by atomic mass is 9.89. The molecule has 2 unspecified atom stereocenters. The summed E-state index contributed by atoms with van der Waals surface area (Å²) in [5, 5.41) is 0. The monoisotopic (exact) mass is 226 g/mol. The summed E-state index contributed by atoms with van der Waals surface area (Å²) in [7, 11) is 0. The van der Waals surface area contributed by atoms with Crippen molar-refractivity contribution in [1.82, 2.24) is 0 Å². The predicted octanol–water partition coefficient (Wildman–Crippen LogP) is 3.93. The maximum atomic E-state index is 12.1. The molecule has 0 aromatic heterocycles. The van der Waals surface area contributed by atoms with Crippen LogP contribution in [0.1, 0.15) is 66.7 Å².